The van der Waals surface area contributed by atoms with Crippen molar-refractivity contribution in [3.8, 4) is 5.75 Å². The smallest absolute Gasteiger partial charge is 0.325 e. The van der Waals surface area contributed by atoms with Crippen LogP contribution in [-0.4, -0.2) is 36.4 Å². The molecule has 2 N–H and O–H groups in total. The van der Waals surface area contributed by atoms with Gasteiger partial charge in [-0.15, -0.1) is 0 Å². The first-order valence-corrected chi connectivity index (χ1v) is 8.94. The van der Waals surface area contributed by atoms with Gasteiger partial charge in [0, 0.05) is 6.54 Å². The van der Waals surface area contributed by atoms with Gasteiger partial charge in [-0.3, -0.25) is 14.5 Å². The highest BCUT2D eigenvalue weighted by atomic mass is 16.5. The van der Waals surface area contributed by atoms with E-state index in [2.05, 4.69) is 10.6 Å². The fraction of sp³-hybridized carbons (Fsp3) is 0.286. The number of methoxy groups -OCH3 is 1. The number of carbonyl (C=O) groups is 3. The van der Waals surface area contributed by atoms with Gasteiger partial charge < -0.3 is 15.4 Å². The van der Waals surface area contributed by atoms with Gasteiger partial charge in [0.05, 0.1) is 7.11 Å². The van der Waals surface area contributed by atoms with Crippen LogP contribution in [0.15, 0.2) is 48.5 Å². The Hall–Kier alpha value is -3.35. The summed E-state index contributed by atoms with van der Waals surface area (Å²) >= 11 is 0. The summed E-state index contributed by atoms with van der Waals surface area (Å²) in [6.07, 6.45) is 0. The van der Waals surface area contributed by atoms with E-state index in [1.165, 1.54) is 0 Å². The molecule has 2 aromatic rings. The molecule has 0 aromatic heterocycles. The lowest BCUT2D eigenvalue weighted by atomic mass is 9.91. The molecule has 2 aromatic carbocycles. The number of hydrogen-bond acceptors (Lipinski definition) is 4. The zero-order valence-corrected chi connectivity index (χ0v) is 16.1. The van der Waals surface area contributed by atoms with Crippen LogP contribution in [0.3, 0.4) is 0 Å². The number of benzene rings is 2. The first-order valence-electron chi connectivity index (χ1n) is 8.94. The van der Waals surface area contributed by atoms with Crippen LogP contribution in [0.2, 0.25) is 0 Å². The number of hydrogen-bond donors (Lipinski definition) is 2. The van der Waals surface area contributed by atoms with Gasteiger partial charge in [-0.1, -0.05) is 42.0 Å². The molecule has 7 nitrogen and oxygen atoms in total. The van der Waals surface area contributed by atoms with Crippen molar-refractivity contribution in [3.05, 3.63) is 65.2 Å². The van der Waals surface area contributed by atoms with Crippen LogP contribution in [-0.2, 0) is 21.7 Å². The molecule has 28 heavy (non-hydrogen) atoms. The monoisotopic (exact) mass is 381 g/mol. The standard InChI is InChI=1S/C21H23N3O4/c1-14-4-8-16(9-5-14)21(2)19(26)24(20(27)23-21)13-18(25)22-12-15-6-10-17(28-3)11-7-15/h4-11H,12-13H2,1-3H3,(H,22,25)(H,23,27)/t21-/m1/s1. The highest BCUT2D eigenvalue weighted by Crippen LogP contribution is 2.28. The van der Waals surface area contributed by atoms with Crippen LogP contribution in [0.5, 0.6) is 5.75 Å². The van der Waals surface area contributed by atoms with Gasteiger partial charge in [-0.2, -0.15) is 0 Å². The maximum Gasteiger partial charge on any atom is 0.325 e. The van der Waals surface area contributed by atoms with Gasteiger partial charge in [-0.25, -0.2) is 4.79 Å². The van der Waals surface area contributed by atoms with Gasteiger partial charge in [0.2, 0.25) is 5.91 Å². The zero-order valence-electron chi connectivity index (χ0n) is 16.1. The van der Waals surface area contributed by atoms with Crippen molar-refractivity contribution in [3.63, 3.8) is 0 Å². The maximum absolute atomic E-state index is 12.9. The Balaban J connectivity index is 1.63. The number of aryl methyl sites for hydroxylation is 1. The molecule has 146 valence electrons. The number of rotatable bonds is 6. The number of imide groups is 1. The summed E-state index contributed by atoms with van der Waals surface area (Å²) in [7, 11) is 1.58. The molecule has 1 aliphatic heterocycles. The minimum Gasteiger partial charge on any atom is -0.497 e. The van der Waals surface area contributed by atoms with Crippen molar-refractivity contribution in [1.82, 2.24) is 15.5 Å². The molecule has 1 atom stereocenters. The predicted molar refractivity (Wildman–Crippen MR) is 104 cm³/mol. The summed E-state index contributed by atoms with van der Waals surface area (Å²) in [5, 5.41) is 5.43. The normalized spacial score (nSPS) is 18.8. The van der Waals surface area contributed by atoms with Crippen LogP contribution in [0.4, 0.5) is 4.79 Å². The van der Waals surface area contributed by atoms with E-state index in [9.17, 15) is 14.4 Å². The van der Waals surface area contributed by atoms with E-state index in [1.54, 1.807) is 38.3 Å². The van der Waals surface area contributed by atoms with E-state index in [4.69, 9.17) is 4.74 Å². The Labute approximate surface area is 163 Å². The third-order valence-electron chi connectivity index (χ3n) is 4.85. The SMILES string of the molecule is COc1ccc(CNC(=O)CN2C(=O)N[C@](C)(c3ccc(C)cc3)C2=O)cc1. The summed E-state index contributed by atoms with van der Waals surface area (Å²) in [6, 6.07) is 14.1. The van der Waals surface area contributed by atoms with Crippen LogP contribution in [0.1, 0.15) is 23.6 Å². The number of carbonyl (C=O) groups excluding carboxylic acids is 3. The summed E-state index contributed by atoms with van der Waals surface area (Å²) in [4.78, 5) is 38.4. The van der Waals surface area contributed by atoms with Crippen LogP contribution < -0.4 is 15.4 Å². The van der Waals surface area contributed by atoms with Crippen molar-refractivity contribution in [2.24, 2.45) is 0 Å². The number of amides is 4. The van der Waals surface area contributed by atoms with E-state index in [-0.39, 0.29) is 6.54 Å². The van der Waals surface area contributed by atoms with E-state index < -0.39 is 23.4 Å². The van der Waals surface area contributed by atoms with Crippen molar-refractivity contribution in [2.75, 3.05) is 13.7 Å². The number of ether oxygens (including phenoxy) is 1. The topological polar surface area (TPSA) is 87.7 Å². The predicted octanol–water partition coefficient (Wildman–Crippen LogP) is 2.09. The van der Waals surface area contributed by atoms with Gasteiger partial charge in [-0.05, 0) is 37.1 Å². The molecule has 0 bridgehead atoms. The second-order valence-electron chi connectivity index (χ2n) is 6.94. The first kappa shape index (κ1) is 19.4. The van der Waals surface area contributed by atoms with Crippen molar-refractivity contribution in [2.45, 2.75) is 25.9 Å². The molecule has 7 heteroatoms. The minimum absolute atomic E-state index is 0.293. The second-order valence-corrected chi connectivity index (χ2v) is 6.94. The Morgan fingerprint density at radius 3 is 2.36 bits per heavy atom. The van der Waals surface area contributed by atoms with Gasteiger partial charge in [0.15, 0.2) is 0 Å². The molecule has 3 rings (SSSR count). The average molecular weight is 381 g/mol. The molecule has 1 fully saturated rings. The molecule has 0 saturated carbocycles. The average Bonchev–Trinajstić information content (AvgIpc) is 2.91. The van der Waals surface area contributed by atoms with Crippen molar-refractivity contribution >= 4 is 17.8 Å². The fourth-order valence-corrected chi connectivity index (χ4v) is 3.07. The quantitative estimate of drug-likeness (QED) is 0.750. The summed E-state index contributed by atoms with van der Waals surface area (Å²) < 4.78 is 5.09. The summed E-state index contributed by atoms with van der Waals surface area (Å²) in [6.45, 7) is 3.55. The summed E-state index contributed by atoms with van der Waals surface area (Å²) in [5.41, 5.74) is 1.44. The van der Waals surface area contributed by atoms with Gasteiger partial charge >= 0.3 is 6.03 Å². The lowest BCUT2D eigenvalue weighted by Gasteiger charge is -2.22. The molecule has 0 radical (unpaired) electrons. The third kappa shape index (κ3) is 3.83. The van der Waals surface area contributed by atoms with Gasteiger partial charge in [0.25, 0.3) is 5.91 Å². The van der Waals surface area contributed by atoms with E-state index in [0.29, 0.717) is 12.1 Å². The van der Waals surface area contributed by atoms with Gasteiger partial charge in [0.1, 0.15) is 17.8 Å². The largest absolute Gasteiger partial charge is 0.497 e. The number of nitrogens with one attached hydrogen (secondary N) is 2. The molecular formula is C21H23N3O4. The molecule has 4 amide bonds. The van der Waals surface area contributed by atoms with E-state index in [1.807, 2.05) is 31.2 Å². The molecule has 1 saturated heterocycles. The van der Waals surface area contributed by atoms with Crippen LogP contribution in [0.25, 0.3) is 0 Å². The second kappa shape index (κ2) is 7.72. The Kier molecular flexibility index (Phi) is 5.35. The van der Waals surface area contributed by atoms with Crippen molar-refractivity contribution < 1.29 is 19.1 Å². The molecular weight excluding hydrogens is 358 g/mol. The number of nitrogens with zero attached hydrogens (tertiary/aromatic N) is 1. The third-order valence-corrected chi connectivity index (χ3v) is 4.85. The fourth-order valence-electron chi connectivity index (χ4n) is 3.07. The molecule has 0 aliphatic carbocycles. The molecule has 1 aliphatic rings. The first-order chi connectivity index (χ1) is 13.3. The van der Waals surface area contributed by atoms with Crippen LogP contribution in [0, 0.1) is 6.92 Å². The summed E-state index contributed by atoms with van der Waals surface area (Å²) in [5.74, 6) is -0.127. The zero-order chi connectivity index (χ0) is 20.3. The number of urea groups is 1. The Bertz CT molecular complexity index is 893. The van der Waals surface area contributed by atoms with Crippen molar-refractivity contribution in [1.29, 1.82) is 0 Å². The van der Waals surface area contributed by atoms with Crippen LogP contribution >= 0.6 is 0 Å². The molecule has 1 heterocycles. The lowest BCUT2D eigenvalue weighted by molar-refractivity contribution is -0.134. The minimum atomic E-state index is -1.18. The highest BCUT2D eigenvalue weighted by molar-refractivity contribution is 6.09. The van der Waals surface area contributed by atoms with E-state index in [0.717, 1.165) is 21.8 Å². The molecule has 0 spiro atoms. The Morgan fingerprint density at radius 2 is 1.75 bits per heavy atom. The maximum atomic E-state index is 12.9. The molecule has 0 unspecified atom stereocenters. The Morgan fingerprint density at radius 1 is 1.11 bits per heavy atom. The lowest BCUT2D eigenvalue weighted by Crippen LogP contribution is -2.43. The highest BCUT2D eigenvalue weighted by Gasteiger charge is 2.49. The van der Waals surface area contributed by atoms with E-state index >= 15 is 0 Å².